The number of hydrogen-bond acceptors (Lipinski definition) is 0. The van der Waals surface area contributed by atoms with Gasteiger partial charge in [0.25, 0.3) is 0 Å². The van der Waals surface area contributed by atoms with Gasteiger partial charge in [-0.2, -0.15) is 0 Å². The average Bonchev–Trinajstić information content (AvgIpc) is 2.77. The monoisotopic (exact) mass is 422 g/mol. The molecular weight excluding hydrogens is 374 g/mol. The molecule has 0 aromatic heterocycles. The van der Waals surface area contributed by atoms with Crippen LogP contribution in [0.25, 0.3) is 0 Å². The third-order valence-electron chi connectivity index (χ3n) is 8.85. The minimum Gasteiger partial charge on any atom is -0.0930 e. The van der Waals surface area contributed by atoms with Crippen molar-refractivity contribution in [1.82, 2.24) is 0 Å². The van der Waals surface area contributed by atoms with E-state index in [1.165, 1.54) is 22.6 Å². The van der Waals surface area contributed by atoms with Gasteiger partial charge in [-0.1, -0.05) is 99.8 Å². The van der Waals surface area contributed by atoms with E-state index in [1.54, 1.807) is 128 Å². The highest BCUT2D eigenvalue weighted by Crippen LogP contribution is 2.72. The predicted octanol–water partition coefficient (Wildman–Crippen LogP) is 9.63. The fraction of sp³-hybridized carbons (Fsp3) is 1.00. The van der Waals surface area contributed by atoms with E-state index >= 15 is 0 Å². The lowest BCUT2D eigenvalue weighted by Crippen LogP contribution is -2.30. The van der Waals surface area contributed by atoms with E-state index in [2.05, 4.69) is 6.92 Å². The van der Waals surface area contributed by atoms with E-state index in [-0.39, 0.29) is 15.8 Å². The van der Waals surface area contributed by atoms with Gasteiger partial charge in [-0.3, -0.25) is 0 Å². The van der Waals surface area contributed by atoms with E-state index in [1.807, 2.05) is 0 Å². The molecule has 0 amide bonds. The molecule has 0 aromatic carbocycles. The van der Waals surface area contributed by atoms with Crippen molar-refractivity contribution in [3.8, 4) is 0 Å². The second kappa shape index (κ2) is 11.5. The van der Waals surface area contributed by atoms with Crippen LogP contribution in [0, 0.1) is 0 Å². The van der Waals surface area contributed by atoms with Gasteiger partial charge < -0.3 is 0 Å². The van der Waals surface area contributed by atoms with Crippen molar-refractivity contribution in [2.45, 2.75) is 163 Å². The highest BCUT2D eigenvalue weighted by atomic mass is 31.2. The van der Waals surface area contributed by atoms with Crippen molar-refractivity contribution < 1.29 is 0 Å². The van der Waals surface area contributed by atoms with Crippen LogP contribution in [-0.4, -0.2) is 28.0 Å². The molecule has 4 aliphatic carbocycles. The van der Waals surface area contributed by atoms with Crippen LogP contribution in [0.3, 0.4) is 0 Å². The molecule has 0 aliphatic heterocycles. The molecular formula is C26H48P2. The van der Waals surface area contributed by atoms with Gasteiger partial charge in [0, 0.05) is 0 Å². The first-order chi connectivity index (χ1) is 13.8. The summed E-state index contributed by atoms with van der Waals surface area (Å²) in [5.74, 6) is 0. The van der Waals surface area contributed by atoms with Gasteiger partial charge in [0.1, 0.15) is 0 Å². The summed E-state index contributed by atoms with van der Waals surface area (Å²) in [5.41, 5.74) is 4.66. The maximum atomic E-state index is 2.85. The molecule has 4 saturated carbocycles. The lowest BCUT2D eigenvalue weighted by Gasteiger charge is -2.49. The highest BCUT2D eigenvalue weighted by Gasteiger charge is 2.42. The summed E-state index contributed by atoms with van der Waals surface area (Å²) in [4.78, 5) is 0. The quantitative estimate of drug-likeness (QED) is 0.374. The molecule has 4 aliphatic rings. The van der Waals surface area contributed by atoms with E-state index in [0.717, 1.165) is 5.40 Å². The maximum absolute atomic E-state index is 2.85. The van der Waals surface area contributed by atoms with Gasteiger partial charge in [0.15, 0.2) is 0 Å². The number of rotatable bonds is 6. The third-order valence-corrected chi connectivity index (χ3v) is 17.6. The molecule has 0 radical (unpaired) electrons. The van der Waals surface area contributed by atoms with Crippen LogP contribution in [0.4, 0.5) is 0 Å². The Morgan fingerprint density at radius 1 is 0.393 bits per heavy atom. The molecule has 0 saturated heterocycles. The molecule has 0 atom stereocenters. The van der Waals surface area contributed by atoms with E-state index in [4.69, 9.17) is 0 Å². The Morgan fingerprint density at radius 3 is 0.821 bits per heavy atom. The van der Waals surface area contributed by atoms with Crippen LogP contribution in [0.15, 0.2) is 0 Å². The van der Waals surface area contributed by atoms with Gasteiger partial charge in [-0.25, -0.2) is 0 Å². The first kappa shape index (κ1) is 22.1. The summed E-state index contributed by atoms with van der Waals surface area (Å²) in [6, 6.07) is 0. The number of hydrogen-bond donors (Lipinski definition) is 0. The summed E-state index contributed by atoms with van der Waals surface area (Å²) >= 11 is 0. The average molecular weight is 423 g/mol. The Bertz CT molecular complexity index is 350. The Labute approximate surface area is 179 Å². The molecule has 0 N–H and O–H groups in total. The van der Waals surface area contributed by atoms with Crippen LogP contribution in [0.5, 0.6) is 0 Å². The fourth-order valence-corrected chi connectivity index (χ4v) is 18.5. The largest absolute Gasteiger partial charge is 0.0930 e. The zero-order chi connectivity index (χ0) is 19.2. The van der Waals surface area contributed by atoms with Crippen LogP contribution >= 0.6 is 15.8 Å². The van der Waals surface area contributed by atoms with Gasteiger partial charge in [0.05, 0.1) is 0 Å². The molecule has 2 heteroatoms. The van der Waals surface area contributed by atoms with Gasteiger partial charge in [-0.05, 0) is 79.4 Å². The molecule has 162 valence electrons. The van der Waals surface area contributed by atoms with Gasteiger partial charge >= 0.3 is 0 Å². The molecule has 0 aromatic rings. The molecule has 0 heterocycles. The summed E-state index contributed by atoms with van der Waals surface area (Å²) in [6.07, 6.45) is 31.6. The fourth-order valence-electron chi connectivity index (χ4n) is 7.49. The van der Waals surface area contributed by atoms with E-state index in [9.17, 15) is 0 Å². The molecule has 4 fully saturated rings. The van der Waals surface area contributed by atoms with E-state index < -0.39 is 0 Å². The zero-order valence-corrected chi connectivity index (χ0v) is 20.7. The Balaban J connectivity index is 1.56. The molecule has 0 bridgehead atoms. The SMILES string of the molecule is CC(P(C1CCCCC1)C1CCCCC1)P(C1CCCCC1)C1CCCCC1. The summed E-state index contributed by atoms with van der Waals surface area (Å²) in [7, 11) is 0.563. The van der Waals surface area contributed by atoms with Crippen molar-refractivity contribution in [1.29, 1.82) is 0 Å². The second-order valence-corrected chi connectivity index (χ2v) is 17.4. The molecule has 0 spiro atoms. The topological polar surface area (TPSA) is 0 Å². The lowest BCUT2D eigenvalue weighted by atomic mass is 9.99. The van der Waals surface area contributed by atoms with Crippen molar-refractivity contribution in [3.63, 3.8) is 0 Å². The lowest BCUT2D eigenvalue weighted by molar-refractivity contribution is 0.477. The van der Waals surface area contributed by atoms with Crippen LogP contribution < -0.4 is 0 Å². The summed E-state index contributed by atoms with van der Waals surface area (Å²) in [6.45, 7) is 2.85. The summed E-state index contributed by atoms with van der Waals surface area (Å²) < 4.78 is 0. The Hall–Kier alpha value is 0.860. The molecule has 0 unspecified atom stereocenters. The van der Waals surface area contributed by atoms with Crippen LogP contribution in [0.1, 0.15) is 135 Å². The van der Waals surface area contributed by atoms with Gasteiger partial charge in [0.2, 0.25) is 0 Å². The van der Waals surface area contributed by atoms with Crippen molar-refractivity contribution in [2.75, 3.05) is 0 Å². The Kier molecular flexibility index (Phi) is 9.04. The first-order valence-corrected chi connectivity index (χ1v) is 16.5. The molecule has 28 heavy (non-hydrogen) atoms. The molecule has 4 rings (SSSR count). The molecule has 0 nitrogen and oxygen atoms in total. The first-order valence-electron chi connectivity index (χ1n) is 13.4. The van der Waals surface area contributed by atoms with Crippen molar-refractivity contribution in [2.24, 2.45) is 0 Å². The second-order valence-electron chi connectivity index (χ2n) is 10.7. The minimum absolute atomic E-state index is 0.282. The zero-order valence-electron chi connectivity index (χ0n) is 18.9. The third kappa shape index (κ3) is 5.56. The van der Waals surface area contributed by atoms with Gasteiger partial charge in [-0.15, -0.1) is 0 Å². The smallest absolute Gasteiger partial charge is 0.00242 e. The predicted molar refractivity (Wildman–Crippen MR) is 131 cm³/mol. The normalized spacial score (nSPS) is 27.9. The Morgan fingerprint density at radius 2 is 0.607 bits per heavy atom. The highest BCUT2D eigenvalue weighted by molar-refractivity contribution is 7.77. The van der Waals surface area contributed by atoms with E-state index in [0.29, 0.717) is 0 Å². The van der Waals surface area contributed by atoms with Crippen LogP contribution in [0.2, 0.25) is 0 Å². The van der Waals surface area contributed by atoms with Crippen molar-refractivity contribution >= 4 is 15.8 Å². The summed E-state index contributed by atoms with van der Waals surface area (Å²) in [5, 5.41) is 1.14. The van der Waals surface area contributed by atoms with Crippen LogP contribution in [-0.2, 0) is 0 Å². The maximum Gasteiger partial charge on any atom is -0.00242 e. The standard InChI is InChI=1S/C26H48P2/c1-22(27(23-14-6-2-7-15-23)24-16-8-3-9-17-24)28(25-18-10-4-11-19-25)26-20-12-5-13-21-26/h22-26H,2-21H2,1H3. The van der Waals surface area contributed by atoms with Crippen molar-refractivity contribution in [3.05, 3.63) is 0 Å². The minimum atomic E-state index is 0.282.